The van der Waals surface area contributed by atoms with Crippen molar-refractivity contribution in [2.75, 3.05) is 13.1 Å². The molecule has 0 atom stereocenters. The van der Waals surface area contributed by atoms with Gasteiger partial charge in [0.05, 0.1) is 0 Å². The molecule has 0 unspecified atom stereocenters. The van der Waals surface area contributed by atoms with Crippen LogP contribution in [0.15, 0.2) is 78.9 Å². The van der Waals surface area contributed by atoms with Crippen molar-refractivity contribution in [2.24, 2.45) is 0 Å². The summed E-state index contributed by atoms with van der Waals surface area (Å²) in [5, 5.41) is 9.75. The van der Waals surface area contributed by atoms with Gasteiger partial charge in [-0.25, -0.2) is 0 Å². The zero-order chi connectivity index (χ0) is 18.7. The van der Waals surface area contributed by atoms with E-state index in [9.17, 15) is 5.11 Å². The van der Waals surface area contributed by atoms with Crippen molar-refractivity contribution in [3.63, 3.8) is 0 Å². The van der Waals surface area contributed by atoms with E-state index < -0.39 is 0 Å². The van der Waals surface area contributed by atoms with Crippen molar-refractivity contribution in [3.05, 3.63) is 101 Å². The SMILES string of the molecule is Cc1cccc(C2(c3ccc(O)cc3)CCN(Cc3ccccc3)CC2)c1. The molecule has 0 aromatic heterocycles. The molecule has 4 rings (SSSR count). The Bertz CT molecular complexity index is 878. The molecule has 0 amide bonds. The van der Waals surface area contributed by atoms with Crippen molar-refractivity contribution in [1.82, 2.24) is 4.90 Å². The van der Waals surface area contributed by atoms with Gasteiger partial charge in [0.15, 0.2) is 0 Å². The Morgan fingerprint density at radius 2 is 1.52 bits per heavy atom. The van der Waals surface area contributed by atoms with Crippen molar-refractivity contribution in [1.29, 1.82) is 0 Å². The number of aryl methyl sites for hydroxylation is 1. The molecule has 2 nitrogen and oxygen atoms in total. The first-order valence-electron chi connectivity index (χ1n) is 9.79. The number of benzene rings is 3. The Balaban J connectivity index is 1.62. The predicted octanol–water partition coefficient (Wildman–Crippen LogP) is 5.28. The van der Waals surface area contributed by atoms with Gasteiger partial charge in [-0.1, -0.05) is 72.3 Å². The first-order chi connectivity index (χ1) is 13.2. The molecule has 1 aliphatic rings. The van der Waals surface area contributed by atoms with Crippen LogP contribution in [0.25, 0.3) is 0 Å². The third-order valence-electron chi connectivity index (χ3n) is 5.95. The van der Waals surface area contributed by atoms with E-state index in [1.54, 1.807) is 0 Å². The van der Waals surface area contributed by atoms with Gasteiger partial charge < -0.3 is 5.11 Å². The molecule has 0 saturated carbocycles. The molecule has 3 aromatic rings. The van der Waals surface area contributed by atoms with Crippen LogP contribution in [-0.2, 0) is 12.0 Å². The summed E-state index contributed by atoms with van der Waals surface area (Å²) >= 11 is 0. The molecule has 1 heterocycles. The topological polar surface area (TPSA) is 23.5 Å². The van der Waals surface area contributed by atoms with Crippen LogP contribution < -0.4 is 0 Å². The van der Waals surface area contributed by atoms with E-state index in [1.807, 2.05) is 12.1 Å². The number of nitrogens with zero attached hydrogens (tertiary/aromatic N) is 1. The van der Waals surface area contributed by atoms with Gasteiger partial charge in [0.2, 0.25) is 0 Å². The van der Waals surface area contributed by atoms with Crippen LogP contribution in [0, 0.1) is 6.92 Å². The van der Waals surface area contributed by atoms with Crippen molar-refractivity contribution < 1.29 is 5.11 Å². The quantitative estimate of drug-likeness (QED) is 0.686. The van der Waals surface area contributed by atoms with Gasteiger partial charge >= 0.3 is 0 Å². The van der Waals surface area contributed by atoms with Crippen LogP contribution in [-0.4, -0.2) is 23.1 Å². The first kappa shape index (κ1) is 17.8. The minimum atomic E-state index is 0.0207. The van der Waals surface area contributed by atoms with Crippen LogP contribution in [0.2, 0.25) is 0 Å². The summed E-state index contributed by atoms with van der Waals surface area (Å²) in [6.07, 6.45) is 2.18. The summed E-state index contributed by atoms with van der Waals surface area (Å²) in [5.41, 5.74) is 5.41. The number of aromatic hydroxyl groups is 1. The number of phenols is 1. The molecule has 0 radical (unpaired) electrons. The fourth-order valence-corrected chi connectivity index (χ4v) is 4.40. The van der Waals surface area contributed by atoms with Gasteiger partial charge in [0.25, 0.3) is 0 Å². The molecular formula is C25H27NO. The summed E-state index contributed by atoms with van der Waals surface area (Å²) in [7, 11) is 0. The Labute approximate surface area is 162 Å². The molecule has 1 fully saturated rings. The van der Waals surface area contributed by atoms with E-state index >= 15 is 0 Å². The van der Waals surface area contributed by atoms with Gasteiger partial charge in [-0.3, -0.25) is 4.90 Å². The third-order valence-corrected chi connectivity index (χ3v) is 5.95. The van der Waals surface area contributed by atoms with Crippen molar-refractivity contribution in [2.45, 2.75) is 31.7 Å². The van der Waals surface area contributed by atoms with E-state index in [4.69, 9.17) is 0 Å². The van der Waals surface area contributed by atoms with Crippen LogP contribution in [0.5, 0.6) is 5.75 Å². The lowest BCUT2D eigenvalue weighted by Crippen LogP contribution is -2.43. The smallest absolute Gasteiger partial charge is 0.115 e. The van der Waals surface area contributed by atoms with Gasteiger partial charge in [-0.2, -0.15) is 0 Å². The second-order valence-electron chi connectivity index (χ2n) is 7.76. The van der Waals surface area contributed by atoms with Crippen LogP contribution in [0.3, 0.4) is 0 Å². The molecule has 2 heteroatoms. The molecule has 0 bridgehead atoms. The predicted molar refractivity (Wildman–Crippen MR) is 111 cm³/mol. The molecule has 27 heavy (non-hydrogen) atoms. The summed E-state index contributed by atoms with van der Waals surface area (Å²) < 4.78 is 0. The fourth-order valence-electron chi connectivity index (χ4n) is 4.40. The average Bonchev–Trinajstić information content (AvgIpc) is 2.70. The molecule has 1 saturated heterocycles. The minimum absolute atomic E-state index is 0.0207. The van der Waals surface area contributed by atoms with Gasteiger partial charge in [0.1, 0.15) is 5.75 Å². The number of phenolic OH excluding ortho intramolecular Hbond substituents is 1. The number of hydrogen-bond donors (Lipinski definition) is 1. The van der Waals surface area contributed by atoms with E-state index in [2.05, 4.69) is 78.6 Å². The molecule has 0 aliphatic carbocycles. The summed E-state index contributed by atoms with van der Waals surface area (Å²) in [6, 6.07) is 27.5. The number of likely N-dealkylation sites (tertiary alicyclic amines) is 1. The highest BCUT2D eigenvalue weighted by Gasteiger charge is 2.37. The Morgan fingerprint density at radius 3 is 2.19 bits per heavy atom. The lowest BCUT2D eigenvalue weighted by molar-refractivity contribution is 0.172. The van der Waals surface area contributed by atoms with Crippen LogP contribution in [0.4, 0.5) is 0 Å². The second-order valence-corrected chi connectivity index (χ2v) is 7.76. The van der Waals surface area contributed by atoms with Crippen LogP contribution >= 0.6 is 0 Å². The van der Waals surface area contributed by atoms with Gasteiger partial charge in [-0.05, 0) is 61.7 Å². The molecular weight excluding hydrogens is 330 g/mol. The maximum atomic E-state index is 9.75. The number of rotatable bonds is 4. The summed E-state index contributed by atoms with van der Waals surface area (Å²) in [6.45, 7) is 5.33. The highest BCUT2D eigenvalue weighted by atomic mass is 16.3. The van der Waals surface area contributed by atoms with E-state index in [1.165, 1.54) is 22.3 Å². The Kier molecular flexibility index (Phi) is 5.00. The normalized spacial score (nSPS) is 16.9. The molecule has 1 N–H and O–H groups in total. The lowest BCUT2D eigenvalue weighted by atomic mass is 9.68. The Morgan fingerprint density at radius 1 is 0.815 bits per heavy atom. The number of piperidine rings is 1. The van der Waals surface area contributed by atoms with E-state index in [0.29, 0.717) is 5.75 Å². The molecule has 1 aliphatic heterocycles. The Hall–Kier alpha value is -2.58. The highest BCUT2D eigenvalue weighted by molar-refractivity contribution is 5.43. The maximum absolute atomic E-state index is 9.75. The molecule has 0 spiro atoms. The van der Waals surface area contributed by atoms with Gasteiger partial charge in [0, 0.05) is 12.0 Å². The molecule has 3 aromatic carbocycles. The standard InChI is InChI=1S/C25H27NO/c1-20-6-5-9-23(18-20)25(22-10-12-24(27)13-11-22)14-16-26(17-15-25)19-21-7-3-2-4-8-21/h2-13,18,27H,14-17,19H2,1H3. The lowest BCUT2D eigenvalue weighted by Gasteiger charge is -2.43. The highest BCUT2D eigenvalue weighted by Crippen LogP contribution is 2.42. The third kappa shape index (κ3) is 3.77. The monoisotopic (exact) mass is 357 g/mol. The van der Waals surface area contributed by atoms with Crippen LogP contribution in [0.1, 0.15) is 35.1 Å². The fraction of sp³-hybridized carbons (Fsp3) is 0.280. The van der Waals surface area contributed by atoms with E-state index in [-0.39, 0.29) is 5.41 Å². The van der Waals surface area contributed by atoms with Crippen molar-refractivity contribution >= 4 is 0 Å². The van der Waals surface area contributed by atoms with Gasteiger partial charge in [-0.15, -0.1) is 0 Å². The largest absolute Gasteiger partial charge is 0.508 e. The van der Waals surface area contributed by atoms with E-state index in [0.717, 1.165) is 32.5 Å². The maximum Gasteiger partial charge on any atom is 0.115 e. The zero-order valence-corrected chi connectivity index (χ0v) is 15.9. The first-order valence-corrected chi connectivity index (χ1v) is 9.79. The molecule has 138 valence electrons. The summed E-state index contributed by atoms with van der Waals surface area (Å²) in [4.78, 5) is 2.56. The second kappa shape index (κ2) is 7.58. The number of hydrogen-bond acceptors (Lipinski definition) is 2. The van der Waals surface area contributed by atoms with Crippen molar-refractivity contribution in [3.8, 4) is 5.75 Å². The zero-order valence-electron chi connectivity index (χ0n) is 15.9. The average molecular weight is 357 g/mol. The minimum Gasteiger partial charge on any atom is -0.508 e. The summed E-state index contributed by atoms with van der Waals surface area (Å²) in [5.74, 6) is 0.333.